The quantitative estimate of drug-likeness (QED) is 0.748. The topological polar surface area (TPSA) is 57.8 Å². The van der Waals surface area contributed by atoms with Gasteiger partial charge in [0, 0.05) is 0 Å². The fraction of sp³-hybridized carbons (Fsp3) is 0.300. The molecule has 0 spiro atoms. The Labute approximate surface area is 142 Å². The number of aryl methyl sites for hydroxylation is 1. The van der Waals surface area contributed by atoms with Gasteiger partial charge in [0.1, 0.15) is 5.82 Å². The van der Waals surface area contributed by atoms with Crippen molar-refractivity contribution < 1.29 is 4.79 Å². The molecule has 1 heterocycles. The highest BCUT2D eigenvalue weighted by Crippen LogP contribution is 2.22. The molecular weight excluding hydrogens is 298 g/mol. The number of rotatable bonds is 5. The van der Waals surface area contributed by atoms with Gasteiger partial charge in [-0.05, 0) is 36.1 Å². The smallest absolute Gasteiger partial charge is 0.225 e. The predicted molar refractivity (Wildman–Crippen MR) is 96.7 cm³/mol. The average Bonchev–Trinajstić information content (AvgIpc) is 2.98. The van der Waals surface area contributed by atoms with Crippen LogP contribution >= 0.6 is 0 Å². The van der Waals surface area contributed by atoms with Crippen LogP contribution in [0.15, 0.2) is 48.5 Å². The first-order chi connectivity index (χ1) is 11.5. The maximum absolute atomic E-state index is 12.5. The van der Waals surface area contributed by atoms with Crippen LogP contribution in [0.1, 0.15) is 36.8 Å². The SMILES string of the molecule is Cc1ccccc1CC(=O)NC(c1nc2ccccc2[nH]1)C(C)C. The van der Waals surface area contributed by atoms with E-state index in [2.05, 4.69) is 29.1 Å². The summed E-state index contributed by atoms with van der Waals surface area (Å²) in [5, 5.41) is 3.14. The van der Waals surface area contributed by atoms with E-state index in [0.29, 0.717) is 6.42 Å². The zero-order chi connectivity index (χ0) is 17.1. The molecule has 1 unspecified atom stereocenters. The number of para-hydroxylation sites is 2. The highest BCUT2D eigenvalue weighted by molar-refractivity contribution is 5.80. The number of carbonyl (C=O) groups excluding carboxylic acids is 1. The third-order valence-electron chi connectivity index (χ3n) is 4.30. The van der Waals surface area contributed by atoms with Crippen molar-refractivity contribution in [3.05, 3.63) is 65.5 Å². The molecule has 24 heavy (non-hydrogen) atoms. The largest absolute Gasteiger partial charge is 0.346 e. The number of aromatic amines is 1. The van der Waals surface area contributed by atoms with Gasteiger partial charge in [-0.2, -0.15) is 0 Å². The molecule has 124 valence electrons. The van der Waals surface area contributed by atoms with Crippen LogP contribution in [0.4, 0.5) is 0 Å². The molecule has 2 N–H and O–H groups in total. The Hall–Kier alpha value is -2.62. The van der Waals surface area contributed by atoms with E-state index in [4.69, 9.17) is 0 Å². The Balaban J connectivity index is 1.79. The molecule has 1 amide bonds. The lowest BCUT2D eigenvalue weighted by atomic mass is 10.0. The van der Waals surface area contributed by atoms with Gasteiger partial charge in [0.15, 0.2) is 0 Å². The standard InChI is InChI=1S/C20H23N3O/c1-13(2)19(20-21-16-10-6-7-11-17(16)22-20)23-18(24)12-15-9-5-4-8-14(15)3/h4-11,13,19H,12H2,1-3H3,(H,21,22)(H,23,24). The van der Waals surface area contributed by atoms with Crippen molar-refractivity contribution in [2.75, 3.05) is 0 Å². The summed E-state index contributed by atoms with van der Waals surface area (Å²) in [7, 11) is 0. The Kier molecular flexibility index (Phi) is 4.65. The number of carbonyl (C=O) groups is 1. The van der Waals surface area contributed by atoms with Gasteiger partial charge in [0.2, 0.25) is 5.91 Å². The van der Waals surface area contributed by atoms with E-state index >= 15 is 0 Å². The molecule has 4 nitrogen and oxygen atoms in total. The molecule has 1 atom stereocenters. The van der Waals surface area contributed by atoms with Gasteiger partial charge in [-0.25, -0.2) is 4.98 Å². The number of nitrogens with zero attached hydrogens (tertiary/aromatic N) is 1. The number of aromatic nitrogens is 2. The fourth-order valence-electron chi connectivity index (χ4n) is 2.88. The first-order valence-electron chi connectivity index (χ1n) is 8.33. The van der Waals surface area contributed by atoms with Gasteiger partial charge in [-0.3, -0.25) is 4.79 Å². The van der Waals surface area contributed by atoms with E-state index in [-0.39, 0.29) is 17.9 Å². The van der Waals surface area contributed by atoms with Gasteiger partial charge in [0.05, 0.1) is 23.5 Å². The van der Waals surface area contributed by atoms with Crippen molar-refractivity contribution in [1.29, 1.82) is 0 Å². The molecule has 0 bridgehead atoms. The first kappa shape index (κ1) is 16.2. The highest BCUT2D eigenvalue weighted by Gasteiger charge is 2.22. The van der Waals surface area contributed by atoms with Crippen molar-refractivity contribution in [2.24, 2.45) is 5.92 Å². The summed E-state index contributed by atoms with van der Waals surface area (Å²) in [4.78, 5) is 20.5. The van der Waals surface area contributed by atoms with E-state index in [1.54, 1.807) is 0 Å². The van der Waals surface area contributed by atoms with Crippen molar-refractivity contribution in [1.82, 2.24) is 15.3 Å². The predicted octanol–water partition coefficient (Wildman–Crippen LogP) is 3.93. The minimum absolute atomic E-state index is 0.0171. The number of hydrogen-bond acceptors (Lipinski definition) is 2. The van der Waals surface area contributed by atoms with Crippen molar-refractivity contribution in [2.45, 2.75) is 33.2 Å². The number of amides is 1. The van der Waals surface area contributed by atoms with Crippen LogP contribution in [-0.4, -0.2) is 15.9 Å². The molecule has 2 aromatic carbocycles. The summed E-state index contributed by atoms with van der Waals surface area (Å²) in [5.41, 5.74) is 4.11. The molecule has 0 radical (unpaired) electrons. The maximum Gasteiger partial charge on any atom is 0.225 e. The van der Waals surface area contributed by atoms with E-state index in [9.17, 15) is 4.79 Å². The lowest BCUT2D eigenvalue weighted by molar-refractivity contribution is -0.121. The summed E-state index contributed by atoms with van der Waals surface area (Å²) < 4.78 is 0. The monoisotopic (exact) mass is 321 g/mol. The van der Waals surface area contributed by atoms with Gasteiger partial charge in [-0.15, -0.1) is 0 Å². The van der Waals surface area contributed by atoms with Crippen LogP contribution in [0.2, 0.25) is 0 Å². The summed E-state index contributed by atoms with van der Waals surface area (Å²) in [5.74, 6) is 1.07. The normalized spacial score (nSPS) is 12.5. The molecule has 0 aliphatic rings. The first-order valence-corrected chi connectivity index (χ1v) is 8.33. The number of fused-ring (bicyclic) bond motifs is 1. The average molecular weight is 321 g/mol. The van der Waals surface area contributed by atoms with Crippen molar-refractivity contribution in [3.8, 4) is 0 Å². The molecule has 0 aliphatic carbocycles. The number of benzene rings is 2. The Morgan fingerprint density at radius 2 is 1.83 bits per heavy atom. The van der Waals surface area contributed by atoms with Crippen LogP contribution < -0.4 is 5.32 Å². The minimum atomic E-state index is -0.131. The van der Waals surface area contributed by atoms with Gasteiger partial charge < -0.3 is 10.3 Å². The van der Waals surface area contributed by atoms with E-state index in [1.165, 1.54) is 0 Å². The maximum atomic E-state index is 12.5. The van der Waals surface area contributed by atoms with Crippen LogP contribution in [-0.2, 0) is 11.2 Å². The van der Waals surface area contributed by atoms with Crippen molar-refractivity contribution in [3.63, 3.8) is 0 Å². The Morgan fingerprint density at radius 3 is 2.54 bits per heavy atom. The van der Waals surface area contributed by atoms with Gasteiger partial charge in [-0.1, -0.05) is 50.2 Å². The van der Waals surface area contributed by atoms with Crippen LogP contribution in [0.5, 0.6) is 0 Å². The summed E-state index contributed by atoms with van der Waals surface area (Å²) in [6, 6.07) is 15.8. The number of H-pyrrole nitrogens is 1. The molecule has 3 aromatic rings. The zero-order valence-corrected chi connectivity index (χ0v) is 14.3. The van der Waals surface area contributed by atoms with Gasteiger partial charge in [0.25, 0.3) is 0 Å². The van der Waals surface area contributed by atoms with Gasteiger partial charge >= 0.3 is 0 Å². The minimum Gasteiger partial charge on any atom is -0.346 e. The van der Waals surface area contributed by atoms with Crippen LogP contribution in [0.25, 0.3) is 11.0 Å². The third-order valence-corrected chi connectivity index (χ3v) is 4.30. The molecule has 3 rings (SSSR count). The zero-order valence-electron chi connectivity index (χ0n) is 14.3. The highest BCUT2D eigenvalue weighted by atomic mass is 16.1. The van der Waals surface area contributed by atoms with E-state index < -0.39 is 0 Å². The second-order valence-corrected chi connectivity index (χ2v) is 6.53. The lowest BCUT2D eigenvalue weighted by Gasteiger charge is -2.20. The summed E-state index contributed by atoms with van der Waals surface area (Å²) in [6.07, 6.45) is 0.385. The summed E-state index contributed by atoms with van der Waals surface area (Å²) >= 11 is 0. The molecular formula is C20H23N3O. The van der Waals surface area contributed by atoms with Crippen LogP contribution in [0.3, 0.4) is 0 Å². The number of hydrogen-bond donors (Lipinski definition) is 2. The number of imidazole rings is 1. The molecule has 0 fully saturated rings. The fourth-order valence-corrected chi connectivity index (χ4v) is 2.88. The van der Waals surface area contributed by atoms with E-state index in [0.717, 1.165) is 28.0 Å². The van der Waals surface area contributed by atoms with Crippen LogP contribution in [0, 0.1) is 12.8 Å². The molecule has 0 saturated heterocycles. The molecule has 1 aromatic heterocycles. The molecule has 0 aliphatic heterocycles. The lowest BCUT2D eigenvalue weighted by Crippen LogP contribution is -2.33. The molecule has 4 heteroatoms. The Morgan fingerprint density at radius 1 is 1.12 bits per heavy atom. The second kappa shape index (κ2) is 6.87. The second-order valence-electron chi connectivity index (χ2n) is 6.53. The molecule has 0 saturated carbocycles. The number of nitrogens with one attached hydrogen (secondary N) is 2. The Bertz CT molecular complexity index is 818. The third kappa shape index (κ3) is 3.48. The summed E-state index contributed by atoms with van der Waals surface area (Å²) in [6.45, 7) is 6.21. The van der Waals surface area contributed by atoms with E-state index in [1.807, 2.05) is 55.5 Å². The van der Waals surface area contributed by atoms with Crippen molar-refractivity contribution >= 4 is 16.9 Å².